The molecule has 0 bridgehead atoms. The number of nitrogens with two attached hydrogens (primary N) is 1. The molecule has 0 fully saturated rings. The monoisotopic (exact) mass is 312 g/mol. The highest BCUT2D eigenvalue weighted by Crippen LogP contribution is 2.45. The van der Waals surface area contributed by atoms with Crippen LogP contribution in [-0.4, -0.2) is 31.3 Å². The largest absolute Gasteiger partial charge is 0.507 e. The molecule has 0 saturated carbocycles. The number of carbonyl (C=O) groups excluding carboxylic acids is 1. The highest BCUT2D eigenvalue weighted by Gasteiger charge is 2.29. The fourth-order valence-corrected chi connectivity index (χ4v) is 3.09. The van der Waals surface area contributed by atoms with Gasteiger partial charge >= 0.3 is 5.97 Å². The van der Waals surface area contributed by atoms with Gasteiger partial charge in [0.05, 0.1) is 12.3 Å². The second-order valence-corrected chi connectivity index (χ2v) is 5.63. The van der Waals surface area contributed by atoms with E-state index in [1.165, 1.54) is 0 Å². The van der Waals surface area contributed by atoms with Crippen LogP contribution in [0, 0.1) is 0 Å². The molecular weight excluding hydrogens is 292 g/mol. The van der Waals surface area contributed by atoms with Crippen molar-refractivity contribution in [3.63, 3.8) is 0 Å². The maximum Gasteiger partial charge on any atom is 0.341 e. The van der Waals surface area contributed by atoms with E-state index in [4.69, 9.17) is 10.5 Å². The zero-order valence-corrected chi connectivity index (χ0v) is 13.3. The third-order valence-corrected chi connectivity index (χ3v) is 4.20. The Balaban J connectivity index is 2.27. The highest BCUT2D eigenvalue weighted by molar-refractivity contribution is 6.00. The Labute approximate surface area is 135 Å². The molecule has 0 saturated heterocycles. The van der Waals surface area contributed by atoms with Gasteiger partial charge in [-0.1, -0.05) is 18.2 Å². The van der Waals surface area contributed by atoms with Crippen LogP contribution in [0.15, 0.2) is 30.3 Å². The Morgan fingerprint density at radius 2 is 2.09 bits per heavy atom. The van der Waals surface area contributed by atoms with E-state index in [2.05, 4.69) is 4.90 Å². The number of esters is 1. The molecule has 0 atom stereocenters. The molecule has 0 amide bonds. The first-order valence-electron chi connectivity index (χ1n) is 7.66. The first kappa shape index (κ1) is 15.2. The van der Waals surface area contributed by atoms with Crippen molar-refractivity contribution >= 4 is 17.3 Å². The number of phenols is 1. The van der Waals surface area contributed by atoms with Gasteiger partial charge in [-0.2, -0.15) is 0 Å². The summed E-state index contributed by atoms with van der Waals surface area (Å²) in [5.74, 6) is -0.501. The summed E-state index contributed by atoms with van der Waals surface area (Å²) in [6.45, 7) is 2.79. The van der Waals surface area contributed by atoms with Crippen LogP contribution in [0.3, 0.4) is 0 Å². The molecule has 0 spiro atoms. The second-order valence-electron chi connectivity index (χ2n) is 5.63. The maximum absolute atomic E-state index is 12.2. The molecule has 5 nitrogen and oxygen atoms in total. The second kappa shape index (κ2) is 5.83. The van der Waals surface area contributed by atoms with Gasteiger partial charge in [0, 0.05) is 36.0 Å². The number of ether oxygens (including phenoxy) is 1. The number of hydrogen-bond acceptors (Lipinski definition) is 5. The van der Waals surface area contributed by atoms with Crippen LogP contribution >= 0.6 is 0 Å². The van der Waals surface area contributed by atoms with E-state index in [1.807, 2.05) is 31.3 Å². The summed E-state index contributed by atoms with van der Waals surface area (Å²) in [5.41, 5.74) is 10.3. The molecule has 2 aromatic carbocycles. The van der Waals surface area contributed by atoms with Crippen LogP contribution in [0.4, 0.5) is 11.4 Å². The van der Waals surface area contributed by atoms with Crippen LogP contribution < -0.4 is 10.6 Å². The minimum Gasteiger partial charge on any atom is -0.507 e. The lowest BCUT2D eigenvalue weighted by Gasteiger charge is -2.20. The van der Waals surface area contributed by atoms with Crippen LogP contribution in [0.5, 0.6) is 5.75 Å². The van der Waals surface area contributed by atoms with Gasteiger partial charge in [0.25, 0.3) is 0 Å². The lowest BCUT2D eigenvalue weighted by atomic mass is 9.95. The Morgan fingerprint density at radius 3 is 2.78 bits per heavy atom. The minimum atomic E-state index is -0.516. The molecule has 5 heteroatoms. The van der Waals surface area contributed by atoms with E-state index in [9.17, 15) is 9.90 Å². The number of hydrogen-bond donors (Lipinski definition) is 2. The molecule has 0 aliphatic carbocycles. The van der Waals surface area contributed by atoms with E-state index in [-0.39, 0.29) is 17.9 Å². The Bertz CT molecular complexity index is 771. The third-order valence-electron chi connectivity index (χ3n) is 4.20. The van der Waals surface area contributed by atoms with Gasteiger partial charge in [0.2, 0.25) is 0 Å². The summed E-state index contributed by atoms with van der Waals surface area (Å²) in [6.07, 6.45) is 0.685. The number of carbonyl (C=O) groups is 1. The van der Waals surface area contributed by atoms with Crippen LogP contribution in [0.2, 0.25) is 0 Å². The van der Waals surface area contributed by atoms with Crippen molar-refractivity contribution in [2.75, 3.05) is 30.8 Å². The lowest BCUT2D eigenvalue weighted by molar-refractivity contribution is 0.0523. The summed E-state index contributed by atoms with van der Waals surface area (Å²) < 4.78 is 5.07. The lowest BCUT2D eigenvalue weighted by Crippen LogP contribution is -2.14. The Hall–Kier alpha value is -2.69. The van der Waals surface area contributed by atoms with E-state index >= 15 is 0 Å². The Morgan fingerprint density at radius 1 is 1.35 bits per heavy atom. The molecule has 3 rings (SSSR count). The highest BCUT2D eigenvalue weighted by atomic mass is 16.5. The van der Waals surface area contributed by atoms with Crippen molar-refractivity contribution in [2.45, 2.75) is 13.3 Å². The van der Waals surface area contributed by atoms with Crippen LogP contribution in [0.25, 0.3) is 11.1 Å². The van der Waals surface area contributed by atoms with Gasteiger partial charge in [-0.05, 0) is 25.5 Å². The van der Waals surface area contributed by atoms with Gasteiger partial charge in [-0.3, -0.25) is 0 Å². The number of para-hydroxylation sites is 1. The van der Waals surface area contributed by atoms with Crippen molar-refractivity contribution in [3.05, 3.63) is 41.5 Å². The summed E-state index contributed by atoms with van der Waals surface area (Å²) >= 11 is 0. The van der Waals surface area contributed by atoms with Gasteiger partial charge in [0.1, 0.15) is 11.3 Å². The van der Waals surface area contributed by atoms with Crippen LogP contribution in [0.1, 0.15) is 22.8 Å². The van der Waals surface area contributed by atoms with Gasteiger partial charge in [-0.25, -0.2) is 4.79 Å². The van der Waals surface area contributed by atoms with E-state index < -0.39 is 5.97 Å². The fraction of sp³-hybridized carbons (Fsp3) is 0.278. The third kappa shape index (κ3) is 2.48. The average Bonchev–Trinajstić information content (AvgIpc) is 2.92. The quantitative estimate of drug-likeness (QED) is 0.673. The van der Waals surface area contributed by atoms with Crippen molar-refractivity contribution in [1.82, 2.24) is 0 Å². The molecule has 2 aromatic rings. The summed E-state index contributed by atoms with van der Waals surface area (Å²) in [5, 5.41) is 10.5. The number of fused-ring (bicyclic) bond motifs is 1. The van der Waals surface area contributed by atoms with Crippen LogP contribution in [-0.2, 0) is 11.2 Å². The van der Waals surface area contributed by atoms with E-state index in [0.29, 0.717) is 12.1 Å². The molecule has 0 radical (unpaired) electrons. The van der Waals surface area contributed by atoms with Gasteiger partial charge < -0.3 is 20.5 Å². The maximum atomic E-state index is 12.2. The Kier molecular flexibility index (Phi) is 3.86. The fourth-order valence-electron chi connectivity index (χ4n) is 3.09. The number of rotatable bonds is 3. The van der Waals surface area contributed by atoms with Gasteiger partial charge in [0.15, 0.2) is 0 Å². The van der Waals surface area contributed by atoms with Crippen molar-refractivity contribution < 1.29 is 14.6 Å². The molecule has 1 heterocycles. The first-order valence-corrected chi connectivity index (χ1v) is 7.66. The smallest absolute Gasteiger partial charge is 0.341 e. The van der Waals surface area contributed by atoms with E-state index in [1.54, 1.807) is 13.0 Å². The van der Waals surface area contributed by atoms with Crippen molar-refractivity contribution in [3.8, 4) is 16.9 Å². The molecule has 1 aliphatic heterocycles. The number of anilines is 2. The number of nitrogens with zero attached hydrogens (tertiary/aromatic N) is 1. The minimum absolute atomic E-state index is 0.0149. The first-order chi connectivity index (χ1) is 11.0. The van der Waals surface area contributed by atoms with Gasteiger partial charge in [-0.15, -0.1) is 0 Å². The molecule has 23 heavy (non-hydrogen) atoms. The number of benzene rings is 2. The summed E-state index contributed by atoms with van der Waals surface area (Å²) in [4.78, 5) is 14.3. The summed E-state index contributed by atoms with van der Waals surface area (Å²) in [7, 11) is 1.97. The number of phenolic OH excluding ortho intramolecular Hbond substituents is 1. The zero-order chi connectivity index (χ0) is 16.6. The number of nitrogen functional groups attached to an aromatic ring is 1. The SMILES string of the molecule is CCOC(=O)c1cc(-c2ccccc2N)c2c(c1O)CCN2C. The zero-order valence-electron chi connectivity index (χ0n) is 13.3. The van der Waals surface area contributed by atoms with Crippen molar-refractivity contribution in [2.24, 2.45) is 0 Å². The normalized spacial score (nSPS) is 13.0. The van der Waals surface area contributed by atoms with Crippen molar-refractivity contribution in [1.29, 1.82) is 0 Å². The van der Waals surface area contributed by atoms with E-state index in [0.717, 1.165) is 28.9 Å². The standard InChI is InChI=1S/C18H20N2O3/c1-3-23-18(22)14-10-13(11-6-4-5-7-15(11)19)16-12(17(14)21)8-9-20(16)2/h4-7,10,21H,3,8-9,19H2,1-2H3. The molecule has 120 valence electrons. The molecule has 0 unspecified atom stereocenters. The number of likely N-dealkylation sites (N-methyl/N-ethyl adjacent to an activating group) is 1. The molecule has 3 N–H and O–H groups in total. The summed E-state index contributed by atoms with van der Waals surface area (Å²) in [6, 6.07) is 9.20. The predicted octanol–water partition coefficient (Wildman–Crippen LogP) is 2.81. The molecular formula is C18H20N2O3. The average molecular weight is 312 g/mol. The topological polar surface area (TPSA) is 75.8 Å². The molecule has 1 aliphatic rings. The predicted molar refractivity (Wildman–Crippen MR) is 90.9 cm³/mol. The molecule has 0 aromatic heterocycles. The number of aromatic hydroxyl groups is 1.